The second kappa shape index (κ2) is 7.05. The summed E-state index contributed by atoms with van der Waals surface area (Å²) in [6.45, 7) is 3.51. The Balaban J connectivity index is 1.75. The van der Waals surface area contributed by atoms with E-state index in [9.17, 15) is 9.90 Å². The molecule has 1 atom stereocenters. The van der Waals surface area contributed by atoms with Gasteiger partial charge >= 0.3 is 5.97 Å². The highest BCUT2D eigenvalue weighted by Gasteiger charge is 2.35. The van der Waals surface area contributed by atoms with Gasteiger partial charge in [-0.2, -0.15) is 0 Å². The quantitative estimate of drug-likeness (QED) is 0.752. The molecule has 1 unspecified atom stereocenters. The van der Waals surface area contributed by atoms with Crippen LogP contribution in [0.1, 0.15) is 44.1 Å². The van der Waals surface area contributed by atoms with Gasteiger partial charge in [0.2, 0.25) is 0 Å². The maximum absolute atomic E-state index is 10.9. The number of nitrogens with one attached hydrogen (secondary N) is 1. The SMILES string of the molecule is CC(CNCC1(O)CCC(C(=O)O)CC1)c1ccccc1. The summed E-state index contributed by atoms with van der Waals surface area (Å²) in [7, 11) is 0. The van der Waals surface area contributed by atoms with Gasteiger partial charge in [-0.25, -0.2) is 0 Å². The Morgan fingerprint density at radius 2 is 1.95 bits per heavy atom. The largest absolute Gasteiger partial charge is 0.481 e. The maximum atomic E-state index is 10.9. The molecule has 4 heteroatoms. The van der Waals surface area contributed by atoms with Crippen LogP contribution in [0.15, 0.2) is 30.3 Å². The van der Waals surface area contributed by atoms with Crippen molar-refractivity contribution < 1.29 is 15.0 Å². The standard InChI is InChI=1S/C17H25NO3/c1-13(14-5-3-2-4-6-14)11-18-12-17(21)9-7-15(8-10-17)16(19)20/h2-6,13,15,18,21H,7-12H2,1H3,(H,19,20). The van der Waals surface area contributed by atoms with Crippen molar-refractivity contribution in [3.63, 3.8) is 0 Å². The lowest BCUT2D eigenvalue weighted by Crippen LogP contribution is -2.45. The monoisotopic (exact) mass is 291 g/mol. The third kappa shape index (κ3) is 4.55. The predicted molar refractivity (Wildman–Crippen MR) is 82.3 cm³/mol. The Morgan fingerprint density at radius 3 is 2.52 bits per heavy atom. The number of carboxylic acid groups (broad SMARTS) is 1. The van der Waals surface area contributed by atoms with E-state index < -0.39 is 11.6 Å². The lowest BCUT2D eigenvalue weighted by Gasteiger charge is -2.35. The number of carboxylic acids is 1. The van der Waals surface area contributed by atoms with E-state index in [1.165, 1.54) is 5.56 Å². The van der Waals surface area contributed by atoms with Crippen LogP contribution in [0.25, 0.3) is 0 Å². The molecule has 0 aromatic heterocycles. The van der Waals surface area contributed by atoms with Crippen molar-refractivity contribution in [1.29, 1.82) is 0 Å². The molecule has 1 aliphatic rings. The van der Waals surface area contributed by atoms with Crippen LogP contribution < -0.4 is 5.32 Å². The van der Waals surface area contributed by atoms with Gasteiger partial charge in [0.25, 0.3) is 0 Å². The third-order valence-electron chi connectivity index (χ3n) is 4.54. The number of rotatable bonds is 6. The van der Waals surface area contributed by atoms with Crippen molar-refractivity contribution in [3.05, 3.63) is 35.9 Å². The molecular formula is C17H25NO3. The number of benzene rings is 1. The lowest BCUT2D eigenvalue weighted by molar-refractivity contribution is -0.144. The summed E-state index contributed by atoms with van der Waals surface area (Å²) in [5, 5.41) is 22.8. The molecule has 1 aliphatic carbocycles. The minimum atomic E-state index is -0.748. The first-order valence-electron chi connectivity index (χ1n) is 7.71. The molecule has 21 heavy (non-hydrogen) atoms. The average molecular weight is 291 g/mol. The molecule has 0 bridgehead atoms. The smallest absolute Gasteiger partial charge is 0.306 e. The van der Waals surface area contributed by atoms with Crippen LogP contribution in [0, 0.1) is 5.92 Å². The fourth-order valence-corrected chi connectivity index (χ4v) is 3.00. The van der Waals surface area contributed by atoms with Gasteiger partial charge < -0.3 is 15.5 Å². The number of aliphatic carboxylic acids is 1. The Kier molecular flexibility index (Phi) is 5.37. The van der Waals surface area contributed by atoms with Crippen molar-refractivity contribution in [3.8, 4) is 0 Å². The lowest BCUT2D eigenvalue weighted by atomic mass is 9.79. The van der Waals surface area contributed by atoms with Gasteiger partial charge in [0, 0.05) is 13.1 Å². The fourth-order valence-electron chi connectivity index (χ4n) is 3.00. The van der Waals surface area contributed by atoms with Crippen molar-refractivity contribution >= 4 is 5.97 Å². The molecular weight excluding hydrogens is 266 g/mol. The molecule has 0 saturated heterocycles. The van der Waals surface area contributed by atoms with Gasteiger partial charge in [-0.3, -0.25) is 4.79 Å². The van der Waals surface area contributed by atoms with Crippen LogP contribution >= 0.6 is 0 Å². The Hall–Kier alpha value is -1.39. The normalized spacial score (nSPS) is 27.2. The van der Waals surface area contributed by atoms with Gasteiger partial charge in [-0.15, -0.1) is 0 Å². The van der Waals surface area contributed by atoms with Gasteiger partial charge in [0.1, 0.15) is 0 Å². The van der Waals surface area contributed by atoms with E-state index in [0.29, 0.717) is 38.1 Å². The highest BCUT2D eigenvalue weighted by molar-refractivity contribution is 5.70. The van der Waals surface area contributed by atoms with Gasteiger partial charge in [-0.1, -0.05) is 37.3 Å². The molecule has 1 aromatic carbocycles. The van der Waals surface area contributed by atoms with Crippen molar-refractivity contribution in [2.24, 2.45) is 5.92 Å². The van der Waals surface area contributed by atoms with Crippen LogP contribution in [-0.2, 0) is 4.79 Å². The highest BCUT2D eigenvalue weighted by atomic mass is 16.4. The zero-order valence-corrected chi connectivity index (χ0v) is 12.6. The van der Waals surface area contributed by atoms with Crippen LogP contribution in [0.3, 0.4) is 0 Å². The van der Waals surface area contributed by atoms with Crippen molar-refractivity contribution in [2.45, 2.75) is 44.1 Å². The minimum Gasteiger partial charge on any atom is -0.481 e. The summed E-state index contributed by atoms with van der Waals surface area (Å²) in [6.07, 6.45) is 2.27. The summed E-state index contributed by atoms with van der Waals surface area (Å²) >= 11 is 0. The number of aliphatic hydroxyl groups is 1. The van der Waals surface area contributed by atoms with Crippen LogP contribution in [0.2, 0.25) is 0 Å². The molecule has 0 radical (unpaired) electrons. The van der Waals surface area contributed by atoms with Gasteiger partial charge in [0.05, 0.1) is 11.5 Å². The summed E-state index contributed by atoms with van der Waals surface area (Å²) in [6, 6.07) is 10.3. The van der Waals surface area contributed by atoms with Gasteiger partial charge in [-0.05, 0) is 37.2 Å². The van der Waals surface area contributed by atoms with Crippen LogP contribution in [0.5, 0.6) is 0 Å². The summed E-state index contributed by atoms with van der Waals surface area (Å²) < 4.78 is 0. The average Bonchev–Trinajstić information content (AvgIpc) is 2.48. The second-order valence-corrected chi connectivity index (χ2v) is 6.28. The Labute approximate surface area is 126 Å². The van der Waals surface area contributed by atoms with E-state index in [-0.39, 0.29) is 5.92 Å². The molecule has 1 saturated carbocycles. The molecule has 0 spiro atoms. The molecule has 3 N–H and O–H groups in total. The van der Waals surface area contributed by atoms with Gasteiger partial charge in [0.15, 0.2) is 0 Å². The molecule has 1 aromatic rings. The number of carbonyl (C=O) groups is 1. The molecule has 1 fully saturated rings. The van der Waals surface area contributed by atoms with E-state index in [4.69, 9.17) is 5.11 Å². The van der Waals surface area contributed by atoms with E-state index in [1.54, 1.807) is 0 Å². The maximum Gasteiger partial charge on any atom is 0.306 e. The number of hydrogen-bond donors (Lipinski definition) is 3. The summed E-state index contributed by atoms with van der Waals surface area (Å²) in [5.41, 5.74) is 0.536. The van der Waals surface area contributed by atoms with E-state index in [0.717, 1.165) is 6.54 Å². The molecule has 0 amide bonds. The Bertz CT molecular complexity index is 452. The van der Waals surface area contributed by atoms with Crippen molar-refractivity contribution in [2.75, 3.05) is 13.1 Å². The molecule has 4 nitrogen and oxygen atoms in total. The fraction of sp³-hybridized carbons (Fsp3) is 0.588. The van der Waals surface area contributed by atoms with Crippen LogP contribution in [-0.4, -0.2) is 34.9 Å². The van der Waals surface area contributed by atoms with E-state index >= 15 is 0 Å². The predicted octanol–water partition coefficient (Wildman–Crippen LogP) is 2.39. The third-order valence-corrected chi connectivity index (χ3v) is 4.54. The number of hydrogen-bond acceptors (Lipinski definition) is 3. The first-order valence-corrected chi connectivity index (χ1v) is 7.71. The van der Waals surface area contributed by atoms with Crippen LogP contribution in [0.4, 0.5) is 0 Å². The summed E-state index contributed by atoms with van der Waals surface area (Å²) in [4.78, 5) is 10.9. The second-order valence-electron chi connectivity index (χ2n) is 6.28. The Morgan fingerprint density at radius 1 is 1.33 bits per heavy atom. The summed E-state index contributed by atoms with van der Waals surface area (Å²) in [5.74, 6) is -0.624. The van der Waals surface area contributed by atoms with E-state index in [1.807, 2.05) is 18.2 Å². The van der Waals surface area contributed by atoms with E-state index in [2.05, 4.69) is 24.4 Å². The first kappa shape index (κ1) is 16.0. The molecule has 116 valence electrons. The van der Waals surface area contributed by atoms with Crippen molar-refractivity contribution in [1.82, 2.24) is 5.32 Å². The molecule has 0 heterocycles. The molecule has 2 rings (SSSR count). The minimum absolute atomic E-state index is 0.284. The molecule has 0 aliphatic heterocycles. The zero-order chi connectivity index (χ0) is 15.3. The highest BCUT2D eigenvalue weighted by Crippen LogP contribution is 2.31. The zero-order valence-electron chi connectivity index (χ0n) is 12.6. The first-order chi connectivity index (χ1) is 10.0. The topological polar surface area (TPSA) is 69.6 Å².